The van der Waals surface area contributed by atoms with Gasteiger partial charge in [-0.15, -0.1) is 0 Å². The fourth-order valence-electron chi connectivity index (χ4n) is 1.60. The molecule has 0 bridgehead atoms. The van der Waals surface area contributed by atoms with Gasteiger partial charge in [0.15, 0.2) is 9.84 Å². The second-order valence-electron chi connectivity index (χ2n) is 3.88. The Kier molecular flexibility index (Phi) is 4.10. The zero-order valence-electron chi connectivity index (χ0n) is 9.10. The fraction of sp³-hybridized carbons (Fsp3) is 0.889. The minimum absolute atomic E-state index is 0.195. The van der Waals surface area contributed by atoms with E-state index in [2.05, 4.69) is 4.74 Å². The largest absolute Gasteiger partial charge is 0.469 e. The van der Waals surface area contributed by atoms with Crippen molar-refractivity contribution in [2.75, 3.05) is 38.2 Å². The van der Waals surface area contributed by atoms with Gasteiger partial charge in [0, 0.05) is 19.6 Å². The third-order valence-corrected chi connectivity index (χ3v) is 4.18. The Morgan fingerprint density at radius 3 is 2.40 bits per heavy atom. The molecule has 0 amide bonds. The molecule has 1 rings (SSSR count). The smallest absolute Gasteiger partial charge is 0.309 e. The summed E-state index contributed by atoms with van der Waals surface area (Å²) in [4.78, 5) is 13.1. The number of nitrogens with zero attached hydrogens (tertiary/aromatic N) is 1. The van der Waals surface area contributed by atoms with Gasteiger partial charge in [-0.1, -0.05) is 6.92 Å². The molecule has 1 fully saturated rings. The fourth-order valence-corrected chi connectivity index (χ4v) is 2.87. The van der Waals surface area contributed by atoms with Crippen LogP contribution in [-0.2, 0) is 19.4 Å². The van der Waals surface area contributed by atoms with Crippen molar-refractivity contribution < 1.29 is 17.9 Å². The van der Waals surface area contributed by atoms with Crippen LogP contribution >= 0.6 is 0 Å². The SMILES string of the molecule is COC(=O)C(C)CN1CCS(=O)(=O)CC1. The van der Waals surface area contributed by atoms with Crippen LogP contribution in [0.4, 0.5) is 0 Å². The average molecular weight is 235 g/mol. The number of carbonyl (C=O) groups excluding carboxylic acids is 1. The molecule has 0 aromatic rings. The van der Waals surface area contributed by atoms with Gasteiger partial charge in [-0.25, -0.2) is 8.42 Å². The standard InChI is InChI=1S/C9H17NO4S/c1-8(9(11)14-2)7-10-3-5-15(12,13)6-4-10/h8H,3-7H2,1-2H3. The first-order chi connectivity index (χ1) is 6.94. The highest BCUT2D eigenvalue weighted by molar-refractivity contribution is 7.91. The van der Waals surface area contributed by atoms with Gasteiger partial charge >= 0.3 is 5.97 Å². The van der Waals surface area contributed by atoms with Crippen molar-refractivity contribution in [3.05, 3.63) is 0 Å². The Balaban J connectivity index is 2.39. The molecule has 1 aliphatic rings. The van der Waals surface area contributed by atoms with Gasteiger partial charge in [0.05, 0.1) is 24.5 Å². The van der Waals surface area contributed by atoms with Crippen molar-refractivity contribution in [3.8, 4) is 0 Å². The maximum Gasteiger partial charge on any atom is 0.309 e. The topological polar surface area (TPSA) is 63.7 Å². The lowest BCUT2D eigenvalue weighted by Crippen LogP contribution is -2.43. The molecule has 88 valence electrons. The maximum atomic E-state index is 11.2. The molecule has 0 aliphatic carbocycles. The summed E-state index contributed by atoms with van der Waals surface area (Å²) in [5, 5.41) is 0. The Morgan fingerprint density at radius 1 is 1.40 bits per heavy atom. The van der Waals surface area contributed by atoms with E-state index in [0.29, 0.717) is 19.6 Å². The zero-order valence-corrected chi connectivity index (χ0v) is 9.92. The summed E-state index contributed by atoms with van der Waals surface area (Å²) >= 11 is 0. The molecule has 1 unspecified atom stereocenters. The van der Waals surface area contributed by atoms with Crippen LogP contribution in [0.5, 0.6) is 0 Å². The molecule has 5 nitrogen and oxygen atoms in total. The van der Waals surface area contributed by atoms with Crippen molar-refractivity contribution in [1.82, 2.24) is 4.90 Å². The number of esters is 1. The van der Waals surface area contributed by atoms with E-state index in [0.717, 1.165) is 0 Å². The lowest BCUT2D eigenvalue weighted by molar-refractivity contribution is -0.145. The van der Waals surface area contributed by atoms with E-state index in [1.807, 2.05) is 4.90 Å². The minimum atomic E-state index is -2.84. The molecule has 0 saturated carbocycles. The van der Waals surface area contributed by atoms with Crippen LogP contribution in [0.15, 0.2) is 0 Å². The Bertz CT molecular complexity index is 311. The van der Waals surface area contributed by atoms with Crippen LogP contribution in [0.1, 0.15) is 6.92 Å². The number of hydrogen-bond donors (Lipinski definition) is 0. The molecule has 1 aliphatic heterocycles. The van der Waals surface area contributed by atoms with Crippen LogP contribution in [0, 0.1) is 5.92 Å². The first-order valence-corrected chi connectivity index (χ1v) is 6.77. The van der Waals surface area contributed by atoms with Crippen LogP contribution in [0.25, 0.3) is 0 Å². The number of sulfone groups is 1. The zero-order chi connectivity index (χ0) is 11.5. The van der Waals surface area contributed by atoms with E-state index < -0.39 is 9.84 Å². The molecule has 0 radical (unpaired) electrons. The summed E-state index contributed by atoms with van der Waals surface area (Å²) in [6.45, 7) is 3.39. The molecule has 6 heteroatoms. The number of rotatable bonds is 3. The molecule has 0 aromatic heterocycles. The summed E-state index contributed by atoms with van der Waals surface area (Å²) in [6, 6.07) is 0. The molecule has 1 saturated heterocycles. The van der Waals surface area contributed by atoms with Gasteiger partial charge in [-0.05, 0) is 0 Å². The molecular formula is C9H17NO4S. The molecule has 0 spiro atoms. The monoisotopic (exact) mass is 235 g/mol. The summed E-state index contributed by atoms with van der Waals surface area (Å²) in [6.07, 6.45) is 0. The lowest BCUT2D eigenvalue weighted by Gasteiger charge is -2.28. The number of carbonyl (C=O) groups is 1. The van der Waals surface area contributed by atoms with Crippen LogP contribution in [0.2, 0.25) is 0 Å². The molecule has 1 atom stereocenters. The first kappa shape index (κ1) is 12.4. The lowest BCUT2D eigenvalue weighted by atomic mass is 10.1. The van der Waals surface area contributed by atoms with E-state index in [1.165, 1.54) is 7.11 Å². The Labute approximate surface area is 90.3 Å². The van der Waals surface area contributed by atoms with E-state index in [1.54, 1.807) is 6.92 Å². The van der Waals surface area contributed by atoms with Crippen molar-refractivity contribution in [2.24, 2.45) is 5.92 Å². The summed E-state index contributed by atoms with van der Waals surface area (Å²) < 4.78 is 26.9. The highest BCUT2D eigenvalue weighted by atomic mass is 32.2. The van der Waals surface area contributed by atoms with E-state index in [4.69, 9.17) is 0 Å². The molecule has 1 heterocycles. The molecule has 0 aromatic carbocycles. The second kappa shape index (κ2) is 4.94. The predicted molar refractivity (Wildman–Crippen MR) is 56.3 cm³/mol. The van der Waals surface area contributed by atoms with Crippen molar-refractivity contribution in [1.29, 1.82) is 0 Å². The van der Waals surface area contributed by atoms with Crippen molar-refractivity contribution >= 4 is 15.8 Å². The maximum absolute atomic E-state index is 11.2. The van der Waals surface area contributed by atoms with Crippen molar-refractivity contribution in [2.45, 2.75) is 6.92 Å². The third-order valence-electron chi connectivity index (χ3n) is 2.57. The number of methoxy groups -OCH3 is 1. The number of hydrogen-bond acceptors (Lipinski definition) is 5. The van der Waals surface area contributed by atoms with Gasteiger partial charge in [0.1, 0.15) is 0 Å². The van der Waals surface area contributed by atoms with Gasteiger partial charge < -0.3 is 9.64 Å². The molecule has 15 heavy (non-hydrogen) atoms. The third kappa shape index (κ3) is 3.79. The van der Waals surface area contributed by atoms with Gasteiger partial charge in [0.25, 0.3) is 0 Å². The van der Waals surface area contributed by atoms with Crippen molar-refractivity contribution in [3.63, 3.8) is 0 Å². The molecule has 0 N–H and O–H groups in total. The van der Waals surface area contributed by atoms with Crippen LogP contribution in [-0.4, -0.2) is 57.5 Å². The van der Waals surface area contributed by atoms with Crippen LogP contribution in [0.3, 0.4) is 0 Å². The van der Waals surface area contributed by atoms with E-state index in [9.17, 15) is 13.2 Å². The quantitative estimate of drug-likeness (QED) is 0.619. The van der Waals surface area contributed by atoms with Crippen LogP contribution < -0.4 is 0 Å². The predicted octanol–water partition coefficient (Wildman–Crippen LogP) is -0.474. The average Bonchev–Trinajstić information content (AvgIpc) is 2.20. The molecular weight excluding hydrogens is 218 g/mol. The normalized spacial score (nSPS) is 23.3. The van der Waals surface area contributed by atoms with E-state index >= 15 is 0 Å². The minimum Gasteiger partial charge on any atom is -0.469 e. The highest BCUT2D eigenvalue weighted by Crippen LogP contribution is 2.07. The first-order valence-electron chi connectivity index (χ1n) is 4.95. The summed E-state index contributed by atoms with van der Waals surface area (Å²) in [5.74, 6) is -0.0545. The van der Waals surface area contributed by atoms with Gasteiger partial charge in [-0.3, -0.25) is 4.79 Å². The highest BCUT2D eigenvalue weighted by Gasteiger charge is 2.24. The Morgan fingerprint density at radius 2 is 1.93 bits per heavy atom. The van der Waals surface area contributed by atoms with Gasteiger partial charge in [-0.2, -0.15) is 0 Å². The number of ether oxygens (including phenoxy) is 1. The second-order valence-corrected chi connectivity index (χ2v) is 6.18. The Hall–Kier alpha value is -0.620. The summed E-state index contributed by atoms with van der Waals surface area (Å²) in [7, 11) is -1.47. The van der Waals surface area contributed by atoms with Gasteiger partial charge in [0.2, 0.25) is 0 Å². The van der Waals surface area contributed by atoms with E-state index in [-0.39, 0.29) is 23.4 Å². The summed E-state index contributed by atoms with van der Waals surface area (Å²) in [5.41, 5.74) is 0.